The molecule has 5 nitrogen and oxygen atoms in total. The van der Waals surface area contributed by atoms with Crippen LogP contribution in [0.25, 0.3) is 0 Å². The van der Waals surface area contributed by atoms with Crippen molar-refractivity contribution in [2.75, 3.05) is 6.61 Å². The van der Waals surface area contributed by atoms with Crippen LogP contribution in [0.1, 0.15) is 25.8 Å². The molecule has 0 fully saturated rings. The lowest BCUT2D eigenvalue weighted by Gasteiger charge is -2.11. The molecule has 0 bridgehead atoms. The number of carboxylic acid groups (broad SMARTS) is 1. The fourth-order valence-electron chi connectivity index (χ4n) is 1.60. The van der Waals surface area contributed by atoms with E-state index in [0.29, 0.717) is 11.3 Å². The van der Waals surface area contributed by atoms with Crippen molar-refractivity contribution in [3.05, 3.63) is 29.8 Å². The topological polar surface area (TPSA) is 75.6 Å². The number of hydrogen-bond donors (Lipinski definition) is 2. The van der Waals surface area contributed by atoms with Crippen molar-refractivity contribution in [1.82, 2.24) is 5.32 Å². The predicted molar refractivity (Wildman–Crippen MR) is 71.2 cm³/mol. The van der Waals surface area contributed by atoms with Crippen molar-refractivity contribution in [2.45, 2.75) is 32.7 Å². The van der Waals surface area contributed by atoms with Gasteiger partial charge in [-0.3, -0.25) is 9.59 Å². The summed E-state index contributed by atoms with van der Waals surface area (Å²) in [7, 11) is 0. The molecule has 0 aliphatic heterocycles. The van der Waals surface area contributed by atoms with E-state index in [1.807, 2.05) is 13.8 Å². The normalized spacial score (nSPS) is 10.3. The van der Waals surface area contributed by atoms with Crippen molar-refractivity contribution in [3.8, 4) is 5.75 Å². The van der Waals surface area contributed by atoms with E-state index < -0.39 is 5.97 Å². The minimum absolute atomic E-state index is 0.0780. The Morgan fingerprint density at radius 1 is 1.32 bits per heavy atom. The van der Waals surface area contributed by atoms with Gasteiger partial charge in [-0.25, -0.2) is 0 Å². The van der Waals surface area contributed by atoms with Gasteiger partial charge in [0, 0.05) is 11.6 Å². The first-order chi connectivity index (χ1) is 8.99. The fourth-order valence-corrected chi connectivity index (χ4v) is 1.60. The van der Waals surface area contributed by atoms with Gasteiger partial charge in [-0.05, 0) is 19.9 Å². The summed E-state index contributed by atoms with van der Waals surface area (Å²) in [4.78, 5) is 22.1. The molecule has 1 amide bonds. The van der Waals surface area contributed by atoms with Gasteiger partial charge in [0.25, 0.3) is 0 Å². The molecule has 0 heterocycles. The lowest BCUT2D eigenvalue weighted by Crippen LogP contribution is -2.31. The Hall–Kier alpha value is -2.04. The molecule has 0 saturated carbocycles. The third-order valence-electron chi connectivity index (χ3n) is 2.35. The summed E-state index contributed by atoms with van der Waals surface area (Å²) in [6.07, 6.45) is 0.161. The Kier molecular flexibility index (Phi) is 5.85. The molecule has 2 N–H and O–H groups in total. The summed E-state index contributed by atoms with van der Waals surface area (Å²) < 4.78 is 5.47. The summed E-state index contributed by atoms with van der Waals surface area (Å²) in [5.41, 5.74) is 0.610. The van der Waals surface area contributed by atoms with E-state index in [1.54, 1.807) is 24.3 Å². The van der Waals surface area contributed by atoms with Gasteiger partial charge in [-0.2, -0.15) is 0 Å². The van der Waals surface area contributed by atoms with Gasteiger partial charge in [-0.15, -0.1) is 0 Å². The van der Waals surface area contributed by atoms with Crippen LogP contribution in [0.5, 0.6) is 5.75 Å². The third-order valence-corrected chi connectivity index (χ3v) is 2.35. The van der Waals surface area contributed by atoms with Gasteiger partial charge >= 0.3 is 5.97 Å². The summed E-state index contributed by atoms with van der Waals surface area (Å²) in [5, 5.41) is 11.5. The third kappa shape index (κ3) is 5.90. The first kappa shape index (κ1) is 15.0. The first-order valence-electron chi connectivity index (χ1n) is 6.21. The minimum atomic E-state index is -0.909. The fraction of sp³-hybridized carbons (Fsp3) is 0.429. The number of carbonyl (C=O) groups is 2. The van der Waals surface area contributed by atoms with Gasteiger partial charge in [0.15, 0.2) is 0 Å². The highest BCUT2D eigenvalue weighted by Crippen LogP contribution is 2.18. The van der Waals surface area contributed by atoms with Gasteiger partial charge in [0.2, 0.25) is 5.91 Å². The Balaban J connectivity index is 2.49. The van der Waals surface area contributed by atoms with Gasteiger partial charge < -0.3 is 15.2 Å². The van der Waals surface area contributed by atoms with Crippen LogP contribution < -0.4 is 10.1 Å². The smallest absolute Gasteiger partial charge is 0.307 e. The van der Waals surface area contributed by atoms with E-state index in [2.05, 4.69) is 5.32 Å². The number of rotatable bonds is 7. The van der Waals surface area contributed by atoms with Crippen molar-refractivity contribution in [1.29, 1.82) is 0 Å². The molecule has 5 heteroatoms. The Labute approximate surface area is 112 Å². The predicted octanol–water partition coefficient (Wildman–Crippen LogP) is 1.61. The molecule has 0 aliphatic carbocycles. The number of carboxylic acids is 1. The molecule has 0 aromatic heterocycles. The SMILES string of the molecule is CC(C)NC(=O)CCOc1ccccc1CC(=O)O. The molecule has 0 saturated heterocycles. The molecule has 0 radical (unpaired) electrons. The van der Waals surface area contributed by atoms with Crippen LogP contribution in [-0.4, -0.2) is 29.6 Å². The number of hydrogen-bond acceptors (Lipinski definition) is 3. The summed E-state index contributed by atoms with van der Waals surface area (Å²) in [5.74, 6) is -0.471. The van der Waals surface area contributed by atoms with E-state index in [0.717, 1.165) is 0 Å². The van der Waals surface area contributed by atoms with E-state index in [-0.39, 0.29) is 31.4 Å². The van der Waals surface area contributed by atoms with Crippen LogP contribution >= 0.6 is 0 Å². The molecule has 0 unspecified atom stereocenters. The number of ether oxygens (including phenoxy) is 1. The molecule has 19 heavy (non-hydrogen) atoms. The Bertz CT molecular complexity index is 443. The summed E-state index contributed by atoms with van der Waals surface area (Å²) >= 11 is 0. The van der Waals surface area contributed by atoms with Crippen molar-refractivity contribution in [3.63, 3.8) is 0 Å². The molecule has 0 spiro atoms. The molecular weight excluding hydrogens is 246 g/mol. The summed E-state index contributed by atoms with van der Waals surface area (Å²) in [6, 6.07) is 7.05. The second kappa shape index (κ2) is 7.41. The first-order valence-corrected chi connectivity index (χ1v) is 6.21. The van der Waals surface area contributed by atoms with E-state index in [9.17, 15) is 9.59 Å². The molecule has 1 rings (SSSR count). The lowest BCUT2D eigenvalue weighted by molar-refractivity contribution is -0.136. The quantitative estimate of drug-likeness (QED) is 0.785. The monoisotopic (exact) mass is 265 g/mol. The van der Waals surface area contributed by atoms with Crippen molar-refractivity contribution in [2.24, 2.45) is 0 Å². The second-order valence-corrected chi connectivity index (χ2v) is 4.50. The minimum Gasteiger partial charge on any atom is -0.493 e. The zero-order chi connectivity index (χ0) is 14.3. The number of para-hydroxylation sites is 1. The number of nitrogens with one attached hydrogen (secondary N) is 1. The second-order valence-electron chi connectivity index (χ2n) is 4.50. The molecule has 104 valence electrons. The average Bonchev–Trinajstić information content (AvgIpc) is 2.29. The maximum atomic E-state index is 11.4. The van der Waals surface area contributed by atoms with Crippen LogP contribution in [0.15, 0.2) is 24.3 Å². The highest BCUT2D eigenvalue weighted by molar-refractivity contribution is 5.76. The molecule has 0 aliphatic rings. The van der Waals surface area contributed by atoms with Crippen LogP contribution in [0, 0.1) is 0 Å². The Morgan fingerprint density at radius 3 is 2.63 bits per heavy atom. The zero-order valence-corrected chi connectivity index (χ0v) is 11.2. The van der Waals surface area contributed by atoms with E-state index >= 15 is 0 Å². The molecule has 0 atom stereocenters. The van der Waals surface area contributed by atoms with Crippen LogP contribution in [0.3, 0.4) is 0 Å². The highest BCUT2D eigenvalue weighted by atomic mass is 16.5. The summed E-state index contributed by atoms with van der Waals surface area (Å²) in [6.45, 7) is 4.01. The molecule has 1 aromatic carbocycles. The molecule has 1 aromatic rings. The number of carbonyl (C=O) groups excluding carboxylic acids is 1. The van der Waals surface area contributed by atoms with Gasteiger partial charge in [0.1, 0.15) is 5.75 Å². The number of aliphatic carboxylic acids is 1. The van der Waals surface area contributed by atoms with E-state index in [1.165, 1.54) is 0 Å². The highest BCUT2D eigenvalue weighted by Gasteiger charge is 2.08. The van der Waals surface area contributed by atoms with Gasteiger partial charge in [-0.1, -0.05) is 18.2 Å². The largest absolute Gasteiger partial charge is 0.493 e. The zero-order valence-electron chi connectivity index (χ0n) is 11.2. The Morgan fingerprint density at radius 2 is 2.00 bits per heavy atom. The van der Waals surface area contributed by atoms with Crippen LogP contribution in [0.2, 0.25) is 0 Å². The standard InChI is InChI=1S/C14H19NO4/c1-10(2)15-13(16)7-8-19-12-6-4-3-5-11(12)9-14(17)18/h3-6,10H,7-9H2,1-2H3,(H,15,16)(H,17,18). The lowest BCUT2D eigenvalue weighted by atomic mass is 10.1. The van der Waals surface area contributed by atoms with Crippen LogP contribution in [-0.2, 0) is 16.0 Å². The maximum Gasteiger partial charge on any atom is 0.307 e. The van der Waals surface area contributed by atoms with Gasteiger partial charge in [0.05, 0.1) is 19.4 Å². The molecular formula is C14H19NO4. The van der Waals surface area contributed by atoms with Crippen LogP contribution in [0.4, 0.5) is 0 Å². The van der Waals surface area contributed by atoms with Crippen molar-refractivity contribution >= 4 is 11.9 Å². The van der Waals surface area contributed by atoms with E-state index in [4.69, 9.17) is 9.84 Å². The maximum absolute atomic E-state index is 11.4. The van der Waals surface area contributed by atoms with Crippen molar-refractivity contribution < 1.29 is 19.4 Å². The number of benzene rings is 1. The average molecular weight is 265 g/mol. The number of amides is 1.